The molecule has 0 unspecified atom stereocenters. The van der Waals surface area contributed by atoms with Crippen molar-refractivity contribution in [1.29, 1.82) is 0 Å². The van der Waals surface area contributed by atoms with Gasteiger partial charge in [0.1, 0.15) is 4.88 Å². The van der Waals surface area contributed by atoms with Gasteiger partial charge in [-0.2, -0.15) is 0 Å². The van der Waals surface area contributed by atoms with Crippen LogP contribution in [0.5, 0.6) is 0 Å². The Morgan fingerprint density at radius 3 is 2.69 bits per heavy atom. The van der Waals surface area contributed by atoms with Crippen LogP contribution in [0.4, 0.5) is 5.69 Å². The summed E-state index contributed by atoms with van der Waals surface area (Å²) in [5, 5.41) is 13.6. The summed E-state index contributed by atoms with van der Waals surface area (Å²) in [4.78, 5) is 26.9. The van der Waals surface area contributed by atoms with Crippen LogP contribution in [0.3, 0.4) is 0 Å². The summed E-state index contributed by atoms with van der Waals surface area (Å²) in [6, 6.07) is 15.8. The van der Waals surface area contributed by atoms with Crippen LogP contribution in [0.2, 0.25) is 0 Å². The van der Waals surface area contributed by atoms with Crippen molar-refractivity contribution in [2.24, 2.45) is 0 Å². The first-order chi connectivity index (χ1) is 14.0. The number of likely N-dealkylation sites (tertiary alicyclic amines) is 1. The van der Waals surface area contributed by atoms with E-state index in [1.54, 1.807) is 0 Å². The van der Waals surface area contributed by atoms with Gasteiger partial charge in [-0.25, -0.2) is 4.79 Å². The number of amides is 1. The molecule has 1 aliphatic rings. The molecule has 1 atom stereocenters. The molecule has 2 aromatic carbocycles. The average Bonchev–Trinajstić information content (AvgIpc) is 3.29. The lowest BCUT2D eigenvalue weighted by Crippen LogP contribution is -2.38. The molecule has 1 saturated heterocycles. The number of benzene rings is 2. The maximum Gasteiger partial charge on any atom is 0.346 e. The summed E-state index contributed by atoms with van der Waals surface area (Å²) in [7, 11) is 0. The molecule has 1 fully saturated rings. The monoisotopic (exact) mass is 408 g/mol. The third kappa shape index (κ3) is 4.33. The highest BCUT2D eigenvalue weighted by molar-refractivity contribution is 7.21. The third-order valence-corrected chi connectivity index (χ3v) is 6.71. The van der Waals surface area contributed by atoms with Crippen LogP contribution in [0, 0.1) is 6.92 Å². The van der Waals surface area contributed by atoms with Gasteiger partial charge in [-0.1, -0.05) is 35.9 Å². The number of fused-ring (bicyclic) bond motifs is 1. The Bertz CT molecular complexity index is 1040. The minimum absolute atomic E-state index is 0.0330. The number of nitrogens with one attached hydrogen (secondary N) is 1. The number of nitrogens with zero attached hydrogens (tertiary/aromatic N) is 1. The van der Waals surface area contributed by atoms with E-state index in [9.17, 15) is 14.7 Å². The van der Waals surface area contributed by atoms with E-state index in [4.69, 9.17) is 0 Å². The smallest absolute Gasteiger partial charge is 0.346 e. The maximum absolute atomic E-state index is 12.5. The molecular weight excluding hydrogens is 384 g/mol. The maximum atomic E-state index is 12.5. The van der Waals surface area contributed by atoms with E-state index in [0.29, 0.717) is 17.8 Å². The van der Waals surface area contributed by atoms with Gasteiger partial charge in [-0.05, 0) is 61.9 Å². The normalized spacial score (nSPS) is 16.9. The Hall–Kier alpha value is -2.70. The summed E-state index contributed by atoms with van der Waals surface area (Å²) >= 11 is 1.34. The second-order valence-corrected chi connectivity index (χ2v) is 8.65. The first kappa shape index (κ1) is 19.6. The van der Waals surface area contributed by atoms with Gasteiger partial charge in [-0.3, -0.25) is 9.69 Å². The Balaban J connectivity index is 1.48. The van der Waals surface area contributed by atoms with Crippen molar-refractivity contribution < 1.29 is 14.7 Å². The highest BCUT2D eigenvalue weighted by Gasteiger charge is 2.29. The number of carbonyl (C=O) groups is 2. The summed E-state index contributed by atoms with van der Waals surface area (Å²) in [5.74, 6) is -0.905. The number of carbonyl (C=O) groups excluding carboxylic acids is 1. The minimum atomic E-state index is -0.872. The number of carboxylic acids is 1. The van der Waals surface area contributed by atoms with Crippen LogP contribution in [-0.2, 0) is 11.2 Å². The van der Waals surface area contributed by atoms with Crippen molar-refractivity contribution in [3.63, 3.8) is 0 Å². The van der Waals surface area contributed by atoms with Gasteiger partial charge >= 0.3 is 5.97 Å². The summed E-state index contributed by atoms with van der Waals surface area (Å²) in [5.41, 5.74) is 2.85. The van der Waals surface area contributed by atoms with Gasteiger partial charge in [0.25, 0.3) is 0 Å². The van der Waals surface area contributed by atoms with Crippen LogP contribution >= 0.6 is 11.3 Å². The fourth-order valence-electron chi connectivity index (χ4n) is 4.07. The third-order valence-electron chi connectivity index (χ3n) is 5.51. The lowest BCUT2D eigenvalue weighted by molar-refractivity contribution is -0.117. The van der Waals surface area contributed by atoms with Gasteiger partial charge < -0.3 is 10.4 Å². The zero-order valence-corrected chi connectivity index (χ0v) is 17.2. The topological polar surface area (TPSA) is 69.6 Å². The Labute approximate surface area is 174 Å². The first-order valence-corrected chi connectivity index (χ1v) is 10.7. The van der Waals surface area contributed by atoms with Gasteiger partial charge in [-0.15, -0.1) is 11.3 Å². The number of thiophene rings is 1. The number of anilines is 1. The SMILES string of the molecule is Cc1ccc(NC(=O)CN2CCC[C@H]2Cc2c(C(=O)O)sc3ccccc23)cc1. The molecule has 150 valence electrons. The number of hydrogen-bond donors (Lipinski definition) is 2. The first-order valence-electron chi connectivity index (χ1n) is 9.85. The molecule has 5 nitrogen and oxygen atoms in total. The van der Waals surface area contributed by atoms with Crippen LogP contribution in [0.25, 0.3) is 10.1 Å². The Morgan fingerprint density at radius 1 is 1.17 bits per heavy atom. The number of hydrogen-bond acceptors (Lipinski definition) is 4. The van der Waals surface area contributed by atoms with Crippen molar-refractivity contribution >= 4 is 39.0 Å². The highest BCUT2D eigenvalue weighted by Crippen LogP contribution is 2.34. The molecular formula is C23H24N2O3S. The molecule has 1 amide bonds. The van der Waals surface area contributed by atoms with Crippen LogP contribution in [0.1, 0.15) is 33.6 Å². The second-order valence-electron chi connectivity index (χ2n) is 7.60. The molecule has 0 aliphatic carbocycles. The van der Waals surface area contributed by atoms with Gasteiger partial charge in [0, 0.05) is 16.4 Å². The van der Waals surface area contributed by atoms with Crippen molar-refractivity contribution in [2.75, 3.05) is 18.4 Å². The zero-order chi connectivity index (χ0) is 20.4. The van der Waals surface area contributed by atoms with E-state index in [1.807, 2.05) is 55.5 Å². The Kier molecular flexibility index (Phi) is 5.65. The largest absolute Gasteiger partial charge is 0.477 e. The van der Waals surface area contributed by atoms with Gasteiger partial charge in [0.2, 0.25) is 5.91 Å². The second kappa shape index (κ2) is 8.35. The standard InChI is InChI=1S/C23H24N2O3S/c1-15-8-10-16(11-9-15)24-21(26)14-25-12-4-5-17(25)13-19-18-6-2-3-7-20(18)29-22(19)23(27)28/h2-3,6-11,17H,4-5,12-14H2,1H3,(H,24,26)(H,27,28)/t17-/m0/s1. The number of aryl methyl sites for hydroxylation is 1. The van der Waals surface area contributed by atoms with Crippen molar-refractivity contribution in [2.45, 2.75) is 32.2 Å². The molecule has 2 heterocycles. The molecule has 2 N–H and O–H groups in total. The lowest BCUT2D eigenvalue weighted by Gasteiger charge is -2.24. The highest BCUT2D eigenvalue weighted by atomic mass is 32.1. The van der Waals surface area contributed by atoms with Crippen LogP contribution in [0.15, 0.2) is 48.5 Å². The Morgan fingerprint density at radius 2 is 1.93 bits per heavy atom. The fraction of sp³-hybridized carbons (Fsp3) is 0.304. The molecule has 0 spiro atoms. The molecule has 1 aliphatic heterocycles. The molecule has 0 radical (unpaired) electrons. The molecule has 0 bridgehead atoms. The van der Waals surface area contributed by atoms with E-state index >= 15 is 0 Å². The summed E-state index contributed by atoms with van der Waals surface area (Å²) in [6.45, 7) is 3.19. The lowest BCUT2D eigenvalue weighted by atomic mass is 10.0. The average molecular weight is 409 g/mol. The number of rotatable bonds is 6. The van der Waals surface area contributed by atoms with E-state index in [-0.39, 0.29) is 11.9 Å². The zero-order valence-electron chi connectivity index (χ0n) is 16.4. The van der Waals surface area contributed by atoms with Crippen molar-refractivity contribution in [3.8, 4) is 0 Å². The van der Waals surface area contributed by atoms with E-state index in [0.717, 1.165) is 46.3 Å². The van der Waals surface area contributed by atoms with E-state index in [2.05, 4.69) is 10.2 Å². The minimum Gasteiger partial charge on any atom is -0.477 e. The predicted molar refractivity (Wildman–Crippen MR) is 117 cm³/mol. The summed E-state index contributed by atoms with van der Waals surface area (Å²) < 4.78 is 1.00. The van der Waals surface area contributed by atoms with Crippen molar-refractivity contribution in [1.82, 2.24) is 4.90 Å². The molecule has 0 saturated carbocycles. The molecule has 4 rings (SSSR count). The fourth-order valence-corrected chi connectivity index (χ4v) is 5.14. The predicted octanol–water partition coefficient (Wildman–Crippen LogP) is 4.55. The van der Waals surface area contributed by atoms with E-state index in [1.165, 1.54) is 11.3 Å². The van der Waals surface area contributed by atoms with Crippen molar-refractivity contribution in [3.05, 3.63) is 64.5 Å². The quantitative estimate of drug-likeness (QED) is 0.628. The summed E-state index contributed by atoms with van der Waals surface area (Å²) in [6.07, 6.45) is 2.65. The van der Waals surface area contributed by atoms with Crippen LogP contribution < -0.4 is 5.32 Å². The molecule has 3 aromatic rings. The molecule has 1 aromatic heterocycles. The van der Waals surface area contributed by atoms with E-state index < -0.39 is 5.97 Å². The molecule has 6 heteroatoms. The van der Waals surface area contributed by atoms with Gasteiger partial charge in [0.05, 0.1) is 6.54 Å². The number of aromatic carboxylic acids is 1. The molecule has 29 heavy (non-hydrogen) atoms. The van der Waals surface area contributed by atoms with Crippen LogP contribution in [-0.4, -0.2) is 41.0 Å². The van der Waals surface area contributed by atoms with Gasteiger partial charge in [0.15, 0.2) is 0 Å². The number of carboxylic acid groups (broad SMARTS) is 1.